The fourth-order valence-electron chi connectivity index (χ4n) is 3.58. The molecule has 1 aliphatic rings. The Morgan fingerprint density at radius 1 is 0.970 bits per heavy atom. The molecule has 2 amide bonds. The molecular weight excluding hydrogens is 432 g/mol. The second kappa shape index (κ2) is 9.60. The molecule has 1 fully saturated rings. The van der Waals surface area contributed by atoms with Gasteiger partial charge in [-0.15, -0.1) is 0 Å². The zero-order valence-electron chi connectivity index (χ0n) is 17.8. The number of urea groups is 1. The third-order valence-corrected chi connectivity index (χ3v) is 5.31. The Kier molecular flexibility index (Phi) is 6.43. The van der Waals surface area contributed by atoms with Crippen molar-refractivity contribution in [3.05, 3.63) is 72.1 Å². The highest BCUT2D eigenvalue weighted by Crippen LogP contribution is 2.23. The molecule has 1 saturated heterocycles. The van der Waals surface area contributed by atoms with Gasteiger partial charge in [-0.3, -0.25) is 0 Å². The number of piperazine rings is 1. The van der Waals surface area contributed by atoms with Crippen LogP contribution in [0.5, 0.6) is 0 Å². The maximum absolute atomic E-state index is 14.1. The Bertz CT molecular complexity index is 1130. The number of carbonyl (C=O) groups is 2. The number of anilines is 2. The van der Waals surface area contributed by atoms with Gasteiger partial charge in [-0.2, -0.15) is 0 Å². The normalized spacial score (nSPS) is 13.5. The number of amides is 2. The zero-order valence-corrected chi connectivity index (χ0v) is 17.8. The lowest BCUT2D eigenvalue weighted by Crippen LogP contribution is -2.50. The minimum Gasteiger partial charge on any atom is -0.465 e. The van der Waals surface area contributed by atoms with Crippen LogP contribution in [0, 0.1) is 11.6 Å². The number of aromatic nitrogens is 2. The molecule has 0 radical (unpaired) electrons. The summed E-state index contributed by atoms with van der Waals surface area (Å²) in [5, 5.41) is 2.48. The van der Waals surface area contributed by atoms with Gasteiger partial charge < -0.3 is 19.9 Å². The van der Waals surface area contributed by atoms with E-state index in [-0.39, 0.29) is 5.69 Å². The summed E-state index contributed by atoms with van der Waals surface area (Å²) in [6, 6.07) is 10.9. The Morgan fingerprint density at radius 2 is 1.58 bits per heavy atom. The molecule has 1 aromatic heterocycles. The third-order valence-electron chi connectivity index (χ3n) is 5.31. The summed E-state index contributed by atoms with van der Waals surface area (Å²) in [7, 11) is 1.03. The van der Waals surface area contributed by atoms with E-state index in [9.17, 15) is 18.4 Å². The van der Waals surface area contributed by atoms with Gasteiger partial charge in [0.1, 0.15) is 17.2 Å². The fraction of sp³-hybridized carbons (Fsp3) is 0.217. The Labute approximate surface area is 188 Å². The van der Waals surface area contributed by atoms with Crippen LogP contribution in [0.3, 0.4) is 0 Å². The highest BCUT2D eigenvalue weighted by atomic mass is 19.1. The second-order valence-electron chi connectivity index (χ2n) is 7.33. The van der Waals surface area contributed by atoms with E-state index >= 15 is 0 Å². The van der Waals surface area contributed by atoms with Gasteiger partial charge in [0.25, 0.3) is 0 Å². The van der Waals surface area contributed by atoms with Crippen molar-refractivity contribution in [1.29, 1.82) is 0 Å². The highest BCUT2D eigenvalue weighted by molar-refractivity contribution is 5.93. The van der Waals surface area contributed by atoms with Gasteiger partial charge in [0.15, 0.2) is 5.82 Å². The lowest BCUT2D eigenvalue weighted by atomic mass is 10.1. The number of ether oxygens (including phenoxy) is 1. The van der Waals surface area contributed by atoms with Crippen LogP contribution in [-0.2, 0) is 4.74 Å². The topological polar surface area (TPSA) is 87.7 Å². The summed E-state index contributed by atoms with van der Waals surface area (Å²) in [6.45, 7) is 2.05. The zero-order chi connectivity index (χ0) is 23.4. The lowest BCUT2D eigenvalue weighted by molar-refractivity contribution is 0.0590. The molecular formula is C23H21F2N5O3. The first-order valence-corrected chi connectivity index (χ1v) is 10.2. The second-order valence-corrected chi connectivity index (χ2v) is 7.33. The van der Waals surface area contributed by atoms with Crippen molar-refractivity contribution in [2.45, 2.75) is 0 Å². The molecule has 0 unspecified atom stereocenters. The SMILES string of the molecule is COC(=O)c1c(F)cc(NC(=O)N2CCN(c3ccc(-c4ncccn4)cc3)CC2)cc1F. The van der Waals surface area contributed by atoms with Crippen molar-refractivity contribution in [3.8, 4) is 11.4 Å². The molecule has 33 heavy (non-hydrogen) atoms. The van der Waals surface area contributed by atoms with E-state index in [0.29, 0.717) is 32.0 Å². The van der Waals surface area contributed by atoms with Crippen LogP contribution in [0.1, 0.15) is 10.4 Å². The number of halogens is 2. The minimum atomic E-state index is -1.12. The Hall–Kier alpha value is -4.08. The van der Waals surface area contributed by atoms with Gasteiger partial charge >= 0.3 is 12.0 Å². The van der Waals surface area contributed by atoms with Gasteiger partial charge in [0.2, 0.25) is 0 Å². The molecule has 4 rings (SSSR count). The molecule has 0 aliphatic carbocycles. The summed E-state index contributed by atoms with van der Waals surface area (Å²) < 4.78 is 32.6. The first kappa shape index (κ1) is 22.1. The van der Waals surface area contributed by atoms with Crippen molar-refractivity contribution >= 4 is 23.4 Å². The number of benzene rings is 2. The summed E-state index contributed by atoms with van der Waals surface area (Å²) in [6.07, 6.45) is 3.38. The van der Waals surface area contributed by atoms with Crippen molar-refractivity contribution in [2.24, 2.45) is 0 Å². The first-order valence-electron chi connectivity index (χ1n) is 10.2. The third kappa shape index (κ3) is 4.89. The molecule has 2 heterocycles. The van der Waals surface area contributed by atoms with E-state index in [2.05, 4.69) is 24.9 Å². The first-order chi connectivity index (χ1) is 16.0. The molecule has 10 heteroatoms. The number of methoxy groups -OCH3 is 1. The van der Waals surface area contributed by atoms with E-state index in [4.69, 9.17) is 0 Å². The molecule has 0 saturated carbocycles. The molecule has 3 aromatic rings. The van der Waals surface area contributed by atoms with Gasteiger partial charge in [-0.05, 0) is 42.5 Å². The van der Waals surface area contributed by atoms with Crippen LogP contribution in [0.4, 0.5) is 25.0 Å². The van der Waals surface area contributed by atoms with Crippen LogP contribution < -0.4 is 10.2 Å². The Balaban J connectivity index is 1.35. The predicted molar refractivity (Wildman–Crippen MR) is 118 cm³/mol. The summed E-state index contributed by atoms with van der Waals surface area (Å²) in [4.78, 5) is 36.2. The molecule has 1 N–H and O–H groups in total. The van der Waals surface area contributed by atoms with Crippen molar-refractivity contribution < 1.29 is 23.1 Å². The quantitative estimate of drug-likeness (QED) is 0.608. The number of nitrogens with one attached hydrogen (secondary N) is 1. The number of nitrogens with zero attached hydrogens (tertiary/aromatic N) is 4. The van der Waals surface area contributed by atoms with Crippen LogP contribution in [-0.4, -0.2) is 60.2 Å². The van der Waals surface area contributed by atoms with Crippen molar-refractivity contribution in [3.63, 3.8) is 0 Å². The van der Waals surface area contributed by atoms with E-state index in [1.165, 1.54) is 0 Å². The standard InChI is InChI=1S/C23H21F2N5O3/c1-33-22(31)20-18(24)13-16(14-19(20)25)28-23(32)30-11-9-29(10-12-30)17-5-3-15(4-6-17)21-26-7-2-8-27-21/h2-8,13-14H,9-12H2,1H3,(H,28,32). The lowest BCUT2D eigenvalue weighted by Gasteiger charge is -2.36. The highest BCUT2D eigenvalue weighted by Gasteiger charge is 2.24. The Morgan fingerprint density at radius 3 is 2.15 bits per heavy atom. The number of esters is 1. The van der Waals surface area contributed by atoms with Crippen LogP contribution in [0.2, 0.25) is 0 Å². The smallest absolute Gasteiger partial charge is 0.343 e. The van der Waals surface area contributed by atoms with Gasteiger partial charge in [-0.25, -0.2) is 28.3 Å². The minimum absolute atomic E-state index is 0.0798. The van der Waals surface area contributed by atoms with E-state index in [1.54, 1.807) is 23.4 Å². The number of hydrogen-bond donors (Lipinski definition) is 1. The van der Waals surface area contributed by atoms with Crippen LogP contribution in [0.25, 0.3) is 11.4 Å². The monoisotopic (exact) mass is 453 g/mol. The maximum atomic E-state index is 14.1. The largest absolute Gasteiger partial charge is 0.465 e. The van der Waals surface area contributed by atoms with Crippen molar-refractivity contribution in [1.82, 2.24) is 14.9 Å². The van der Waals surface area contributed by atoms with Gasteiger partial charge in [0, 0.05) is 55.5 Å². The van der Waals surface area contributed by atoms with Crippen molar-refractivity contribution in [2.75, 3.05) is 43.5 Å². The average Bonchev–Trinajstić information content (AvgIpc) is 2.84. The average molecular weight is 453 g/mol. The molecule has 0 spiro atoms. The molecule has 0 atom stereocenters. The van der Waals surface area contributed by atoms with Crippen LogP contribution in [0.15, 0.2) is 54.9 Å². The van der Waals surface area contributed by atoms with E-state index < -0.39 is 29.2 Å². The van der Waals surface area contributed by atoms with Gasteiger partial charge in [0.05, 0.1) is 7.11 Å². The fourth-order valence-corrected chi connectivity index (χ4v) is 3.58. The maximum Gasteiger partial charge on any atom is 0.343 e. The summed E-state index contributed by atoms with van der Waals surface area (Å²) >= 11 is 0. The predicted octanol–water partition coefficient (Wildman–Crippen LogP) is 3.56. The van der Waals surface area contributed by atoms with Crippen LogP contribution >= 0.6 is 0 Å². The number of hydrogen-bond acceptors (Lipinski definition) is 6. The van der Waals surface area contributed by atoms with Gasteiger partial charge in [-0.1, -0.05) is 0 Å². The van der Waals surface area contributed by atoms with E-state index in [1.807, 2.05) is 24.3 Å². The molecule has 170 valence electrons. The van der Waals surface area contributed by atoms with E-state index in [0.717, 1.165) is 30.5 Å². The summed E-state index contributed by atoms with van der Waals surface area (Å²) in [5.74, 6) is -2.68. The number of carbonyl (C=O) groups excluding carboxylic acids is 2. The molecule has 8 nitrogen and oxygen atoms in total. The summed E-state index contributed by atoms with van der Waals surface area (Å²) in [5.41, 5.74) is 1.05. The molecule has 2 aromatic carbocycles. The molecule has 1 aliphatic heterocycles. The number of rotatable bonds is 4. The molecule has 0 bridgehead atoms.